The van der Waals surface area contributed by atoms with Gasteiger partial charge >= 0.3 is 6.09 Å². The van der Waals surface area contributed by atoms with Crippen LogP contribution in [0.1, 0.15) is 24.1 Å². The van der Waals surface area contributed by atoms with Crippen LogP contribution in [-0.2, 0) is 12.8 Å². The fourth-order valence-corrected chi connectivity index (χ4v) is 2.59. The molecule has 1 N–H and O–H groups in total. The zero-order chi connectivity index (χ0) is 15.4. The Balaban J connectivity index is 1.77. The van der Waals surface area contributed by atoms with Crippen LogP contribution in [0, 0.1) is 0 Å². The van der Waals surface area contributed by atoms with E-state index < -0.39 is 6.09 Å². The number of hydrogen-bond donors (Lipinski definition) is 1. The van der Waals surface area contributed by atoms with Crippen molar-refractivity contribution in [1.29, 1.82) is 0 Å². The van der Waals surface area contributed by atoms with E-state index >= 15 is 0 Å². The van der Waals surface area contributed by atoms with Gasteiger partial charge < -0.3 is 9.47 Å². The molecule has 5 nitrogen and oxygen atoms in total. The fourth-order valence-electron chi connectivity index (χ4n) is 2.59. The van der Waals surface area contributed by atoms with E-state index in [9.17, 15) is 4.79 Å². The molecule has 1 aromatic carbocycles. The Labute approximate surface area is 129 Å². The number of amides is 1. The molecule has 2 aromatic rings. The van der Waals surface area contributed by atoms with Crippen LogP contribution in [0.4, 0.5) is 10.5 Å². The molecule has 0 radical (unpaired) electrons. The summed E-state index contributed by atoms with van der Waals surface area (Å²) in [7, 11) is 1.55. The summed E-state index contributed by atoms with van der Waals surface area (Å²) in [5, 5.41) is 2.71. The first-order valence-electron chi connectivity index (χ1n) is 7.37. The molecule has 0 fully saturated rings. The number of nitrogens with one attached hydrogen (secondary N) is 1. The van der Waals surface area contributed by atoms with Gasteiger partial charge in [0, 0.05) is 5.69 Å². The maximum atomic E-state index is 12.0. The van der Waals surface area contributed by atoms with E-state index in [4.69, 9.17) is 9.47 Å². The summed E-state index contributed by atoms with van der Waals surface area (Å²) in [5.41, 5.74) is 2.77. The van der Waals surface area contributed by atoms with Gasteiger partial charge in [0.05, 0.1) is 7.11 Å². The van der Waals surface area contributed by atoms with Crippen LogP contribution in [0.5, 0.6) is 11.6 Å². The monoisotopic (exact) mass is 298 g/mol. The molecule has 1 heterocycles. The number of aryl methyl sites for hydroxylation is 2. The summed E-state index contributed by atoms with van der Waals surface area (Å²) in [6.45, 7) is 0. The number of para-hydroxylation sites is 1. The summed E-state index contributed by atoms with van der Waals surface area (Å²) in [6.07, 6.45) is 3.68. The average molecular weight is 298 g/mol. The summed E-state index contributed by atoms with van der Waals surface area (Å²) >= 11 is 0. The van der Waals surface area contributed by atoms with Crippen LogP contribution in [0.3, 0.4) is 0 Å². The normalized spacial score (nSPS) is 13.1. The van der Waals surface area contributed by atoms with Crippen molar-refractivity contribution in [3.05, 3.63) is 47.7 Å². The second-order valence-corrected chi connectivity index (χ2v) is 5.19. The van der Waals surface area contributed by atoms with Gasteiger partial charge in [-0.2, -0.15) is 0 Å². The lowest BCUT2D eigenvalue weighted by Crippen LogP contribution is -2.18. The molecule has 1 aromatic heterocycles. The van der Waals surface area contributed by atoms with E-state index in [-0.39, 0.29) is 0 Å². The van der Waals surface area contributed by atoms with Crippen LogP contribution in [0.15, 0.2) is 36.4 Å². The van der Waals surface area contributed by atoms with E-state index in [0.717, 1.165) is 31.4 Å². The lowest BCUT2D eigenvalue weighted by molar-refractivity contribution is 0.215. The molecule has 1 aliphatic carbocycles. The van der Waals surface area contributed by atoms with Crippen LogP contribution < -0.4 is 14.8 Å². The number of hydrogen-bond acceptors (Lipinski definition) is 4. The SMILES string of the molecule is COc1nc2c(cc1NC(=O)Oc1ccccc1)CCCC2. The van der Waals surface area contributed by atoms with E-state index in [0.29, 0.717) is 17.3 Å². The van der Waals surface area contributed by atoms with Gasteiger partial charge in [-0.1, -0.05) is 18.2 Å². The predicted molar refractivity (Wildman–Crippen MR) is 83.5 cm³/mol. The molecule has 3 rings (SSSR count). The van der Waals surface area contributed by atoms with Gasteiger partial charge in [0.2, 0.25) is 5.88 Å². The van der Waals surface area contributed by atoms with E-state index in [1.54, 1.807) is 19.2 Å². The number of rotatable bonds is 3. The Hall–Kier alpha value is -2.56. The number of ether oxygens (including phenoxy) is 2. The Morgan fingerprint density at radius 1 is 1.18 bits per heavy atom. The number of nitrogens with zero attached hydrogens (tertiary/aromatic N) is 1. The first-order chi connectivity index (χ1) is 10.8. The van der Waals surface area contributed by atoms with Gasteiger partial charge in [-0.05, 0) is 49.4 Å². The molecule has 1 amide bonds. The number of fused-ring (bicyclic) bond motifs is 1. The van der Waals surface area contributed by atoms with Crippen molar-refractivity contribution in [3.8, 4) is 11.6 Å². The van der Waals surface area contributed by atoms with Crippen molar-refractivity contribution < 1.29 is 14.3 Å². The van der Waals surface area contributed by atoms with Crippen molar-refractivity contribution in [2.75, 3.05) is 12.4 Å². The van der Waals surface area contributed by atoms with Crippen LogP contribution in [-0.4, -0.2) is 18.2 Å². The first-order valence-corrected chi connectivity index (χ1v) is 7.37. The Bertz CT molecular complexity index is 671. The van der Waals surface area contributed by atoms with Crippen LogP contribution in [0.2, 0.25) is 0 Å². The molecular formula is C17H18N2O3. The minimum atomic E-state index is -0.554. The summed E-state index contributed by atoms with van der Waals surface area (Å²) < 4.78 is 10.5. The summed E-state index contributed by atoms with van der Waals surface area (Å²) in [6, 6.07) is 10.9. The number of aromatic nitrogens is 1. The Morgan fingerprint density at radius 3 is 2.73 bits per heavy atom. The van der Waals surface area contributed by atoms with E-state index in [1.807, 2.05) is 24.3 Å². The third kappa shape index (κ3) is 3.19. The third-order valence-corrected chi connectivity index (χ3v) is 3.65. The van der Waals surface area contributed by atoms with E-state index in [2.05, 4.69) is 10.3 Å². The molecule has 0 atom stereocenters. The molecule has 1 aliphatic rings. The maximum Gasteiger partial charge on any atom is 0.417 e. The molecule has 22 heavy (non-hydrogen) atoms. The van der Waals surface area contributed by atoms with Crippen molar-refractivity contribution in [2.45, 2.75) is 25.7 Å². The zero-order valence-corrected chi connectivity index (χ0v) is 12.5. The molecule has 0 aliphatic heterocycles. The minimum Gasteiger partial charge on any atom is -0.480 e. The second kappa shape index (κ2) is 6.47. The number of carbonyl (C=O) groups excluding carboxylic acids is 1. The quantitative estimate of drug-likeness (QED) is 0.941. The molecule has 0 saturated heterocycles. The summed E-state index contributed by atoms with van der Waals surface area (Å²) in [5.74, 6) is 0.913. The van der Waals surface area contributed by atoms with Crippen molar-refractivity contribution in [1.82, 2.24) is 4.98 Å². The van der Waals surface area contributed by atoms with Gasteiger partial charge in [-0.25, -0.2) is 9.78 Å². The number of methoxy groups -OCH3 is 1. The lowest BCUT2D eigenvalue weighted by atomic mass is 9.96. The fraction of sp³-hybridized carbons (Fsp3) is 0.294. The van der Waals surface area contributed by atoms with Gasteiger partial charge in [-0.15, -0.1) is 0 Å². The molecule has 114 valence electrons. The third-order valence-electron chi connectivity index (χ3n) is 3.65. The largest absolute Gasteiger partial charge is 0.480 e. The highest BCUT2D eigenvalue weighted by Crippen LogP contribution is 2.29. The number of benzene rings is 1. The Kier molecular flexibility index (Phi) is 4.23. The molecule has 0 unspecified atom stereocenters. The van der Waals surface area contributed by atoms with E-state index in [1.165, 1.54) is 5.56 Å². The number of carbonyl (C=O) groups is 1. The van der Waals surface area contributed by atoms with Crippen LogP contribution >= 0.6 is 0 Å². The second-order valence-electron chi connectivity index (χ2n) is 5.19. The van der Waals surface area contributed by atoms with Gasteiger partial charge in [0.1, 0.15) is 11.4 Å². The van der Waals surface area contributed by atoms with Crippen molar-refractivity contribution in [3.63, 3.8) is 0 Å². The number of pyridine rings is 1. The van der Waals surface area contributed by atoms with Crippen molar-refractivity contribution >= 4 is 11.8 Å². The van der Waals surface area contributed by atoms with Gasteiger partial charge in [0.25, 0.3) is 0 Å². The van der Waals surface area contributed by atoms with Crippen molar-refractivity contribution in [2.24, 2.45) is 0 Å². The highest BCUT2D eigenvalue weighted by molar-refractivity contribution is 5.88. The first kappa shape index (κ1) is 14.4. The highest BCUT2D eigenvalue weighted by atomic mass is 16.6. The molecule has 0 saturated carbocycles. The van der Waals surface area contributed by atoms with Gasteiger partial charge in [-0.3, -0.25) is 5.32 Å². The molecule has 5 heteroatoms. The van der Waals surface area contributed by atoms with Gasteiger partial charge in [0.15, 0.2) is 0 Å². The zero-order valence-electron chi connectivity index (χ0n) is 12.5. The molecule has 0 bridgehead atoms. The van der Waals surface area contributed by atoms with Crippen LogP contribution in [0.25, 0.3) is 0 Å². The lowest BCUT2D eigenvalue weighted by Gasteiger charge is -2.18. The predicted octanol–water partition coefficient (Wildman–Crippen LogP) is 3.58. The number of anilines is 1. The standard InChI is InChI=1S/C17H18N2O3/c1-21-16-15(11-12-7-5-6-10-14(12)18-16)19-17(20)22-13-8-3-2-4-9-13/h2-4,8-9,11H,5-7,10H2,1H3,(H,19,20). The highest BCUT2D eigenvalue weighted by Gasteiger charge is 2.17. The smallest absolute Gasteiger partial charge is 0.417 e. The molecule has 0 spiro atoms. The molecular weight excluding hydrogens is 280 g/mol. The summed E-state index contributed by atoms with van der Waals surface area (Å²) in [4.78, 5) is 16.5. The maximum absolute atomic E-state index is 12.0. The topological polar surface area (TPSA) is 60.5 Å². The average Bonchev–Trinajstić information content (AvgIpc) is 2.55. The Morgan fingerprint density at radius 2 is 1.95 bits per heavy atom. The minimum absolute atomic E-state index is 0.422.